The standard InChI is InChI=1S/C30H38F4O2/c1-3-5-19-7-11-23(35-17-19)12-8-20-10-14-25(29(33)27(20)31)26-16-15-24(28(32)30(26)34)21-9-13-22(6-4-2)36-18-21/h10,14-16,19,21-23H,3-9,11-13,17-18H2,1-2H3. The van der Waals surface area contributed by atoms with E-state index in [1.165, 1.54) is 24.3 Å². The van der Waals surface area contributed by atoms with Crippen LogP contribution >= 0.6 is 0 Å². The van der Waals surface area contributed by atoms with Gasteiger partial charge in [0.05, 0.1) is 18.8 Å². The molecule has 2 nitrogen and oxygen atoms in total. The lowest BCUT2D eigenvalue weighted by Gasteiger charge is -2.29. The number of benzene rings is 2. The minimum atomic E-state index is -1.15. The lowest BCUT2D eigenvalue weighted by molar-refractivity contribution is -0.0216. The quantitative estimate of drug-likeness (QED) is 0.318. The molecule has 4 unspecified atom stereocenters. The van der Waals surface area contributed by atoms with E-state index in [2.05, 4.69) is 13.8 Å². The second-order valence-electron chi connectivity index (χ2n) is 10.5. The molecule has 0 aliphatic carbocycles. The summed E-state index contributed by atoms with van der Waals surface area (Å²) >= 11 is 0. The highest BCUT2D eigenvalue weighted by Crippen LogP contribution is 2.36. The Labute approximate surface area is 212 Å². The molecule has 0 spiro atoms. The third-order valence-corrected chi connectivity index (χ3v) is 7.88. The minimum absolute atomic E-state index is 0.0420. The molecule has 0 saturated carbocycles. The number of ether oxygens (including phenoxy) is 2. The highest BCUT2D eigenvalue weighted by Gasteiger charge is 2.28. The number of hydrogen-bond acceptors (Lipinski definition) is 2. The SMILES string of the molecule is CCCC1CCC(CCc2ccc(-c3ccc(C4CCC(CCC)OC4)c(F)c3F)c(F)c2F)OC1. The van der Waals surface area contributed by atoms with Gasteiger partial charge < -0.3 is 9.47 Å². The van der Waals surface area contributed by atoms with Gasteiger partial charge in [0.2, 0.25) is 0 Å². The molecule has 2 fully saturated rings. The van der Waals surface area contributed by atoms with E-state index in [4.69, 9.17) is 9.47 Å². The molecule has 36 heavy (non-hydrogen) atoms. The van der Waals surface area contributed by atoms with Crippen LogP contribution in [0, 0.1) is 29.2 Å². The number of aryl methyl sites for hydroxylation is 1. The zero-order valence-corrected chi connectivity index (χ0v) is 21.4. The molecule has 2 aliphatic heterocycles. The van der Waals surface area contributed by atoms with Crippen molar-refractivity contribution in [2.24, 2.45) is 5.92 Å². The molecule has 0 aromatic heterocycles. The second kappa shape index (κ2) is 12.6. The van der Waals surface area contributed by atoms with Gasteiger partial charge >= 0.3 is 0 Å². The zero-order valence-electron chi connectivity index (χ0n) is 21.4. The van der Waals surface area contributed by atoms with Gasteiger partial charge in [0.15, 0.2) is 23.3 Å². The van der Waals surface area contributed by atoms with Crippen LogP contribution in [-0.2, 0) is 15.9 Å². The molecule has 0 radical (unpaired) electrons. The maximum absolute atomic E-state index is 15.1. The molecule has 2 aromatic rings. The lowest BCUT2D eigenvalue weighted by atomic mass is 9.88. The maximum Gasteiger partial charge on any atom is 0.167 e. The van der Waals surface area contributed by atoms with Crippen molar-refractivity contribution in [3.8, 4) is 11.1 Å². The first kappa shape index (κ1) is 27.1. The van der Waals surface area contributed by atoms with Crippen molar-refractivity contribution in [2.75, 3.05) is 13.2 Å². The normalized spacial score (nSPS) is 24.7. The van der Waals surface area contributed by atoms with E-state index in [0.717, 1.165) is 51.6 Å². The van der Waals surface area contributed by atoms with Gasteiger partial charge in [-0.3, -0.25) is 0 Å². The summed E-state index contributed by atoms with van der Waals surface area (Å²) in [7, 11) is 0. The van der Waals surface area contributed by atoms with Crippen molar-refractivity contribution in [1.82, 2.24) is 0 Å². The molecule has 6 heteroatoms. The Kier molecular flexibility index (Phi) is 9.46. The second-order valence-corrected chi connectivity index (χ2v) is 10.5. The van der Waals surface area contributed by atoms with Crippen molar-refractivity contribution in [1.29, 1.82) is 0 Å². The lowest BCUT2D eigenvalue weighted by Crippen LogP contribution is -2.26. The van der Waals surface area contributed by atoms with Crippen LogP contribution in [0.2, 0.25) is 0 Å². The summed E-state index contributed by atoms with van der Waals surface area (Å²) in [6.07, 6.45) is 8.94. The Morgan fingerprint density at radius 2 is 1.31 bits per heavy atom. The molecule has 2 heterocycles. The molecular formula is C30H38F4O2. The van der Waals surface area contributed by atoms with E-state index in [-0.39, 0.29) is 40.4 Å². The van der Waals surface area contributed by atoms with Crippen molar-refractivity contribution >= 4 is 0 Å². The van der Waals surface area contributed by atoms with E-state index in [1.807, 2.05) is 0 Å². The fourth-order valence-electron chi connectivity index (χ4n) is 5.72. The van der Waals surface area contributed by atoms with Gasteiger partial charge in [-0.2, -0.15) is 0 Å². The summed E-state index contributed by atoms with van der Waals surface area (Å²) in [6.45, 7) is 5.31. The average molecular weight is 507 g/mol. The summed E-state index contributed by atoms with van der Waals surface area (Å²) in [4.78, 5) is 0. The summed E-state index contributed by atoms with van der Waals surface area (Å²) in [5.74, 6) is -3.95. The Balaban J connectivity index is 1.43. The van der Waals surface area contributed by atoms with E-state index in [1.54, 1.807) is 0 Å². The number of halogens is 4. The maximum atomic E-state index is 15.1. The van der Waals surface area contributed by atoms with Gasteiger partial charge in [0.1, 0.15) is 0 Å². The van der Waals surface area contributed by atoms with Gasteiger partial charge in [0, 0.05) is 23.7 Å². The smallest absolute Gasteiger partial charge is 0.167 e. The van der Waals surface area contributed by atoms with E-state index in [0.29, 0.717) is 31.8 Å². The van der Waals surface area contributed by atoms with Crippen molar-refractivity contribution in [3.63, 3.8) is 0 Å². The first-order valence-corrected chi connectivity index (χ1v) is 13.6. The zero-order chi connectivity index (χ0) is 25.7. The minimum Gasteiger partial charge on any atom is -0.378 e. The first-order valence-electron chi connectivity index (χ1n) is 13.6. The molecule has 4 atom stereocenters. The Morgan fingerprint density at radius 1 is 0.667 bits per heavy atom. The predicted molar refractivity (Wildman–Crippen MR) is 134 cm³/mol. The summed E-state index contributed by atoms with van der Waals surface area (Å²) < 4.78 is 71.8. The van der Waals surface area contributed by atoms with E-state index >= 15 is 13.2 Å². The number of rotatable bonds is 9. The third kappa shape index (κ3) is 6.13. The first-order chi connectivity index (χ1) is 17.4. The third-order valence-electron chi connectivity index (χ3n) is 7.88. The van der Waals surface area contributed by atoms with Crippen LogP contribution in [0.25, 0.3) is 11.1 Å². The molecule has 2 aromatic carbocycles. The largest absolute Gasteiger partial charge is 0.378 e. The topological polar surface area (TPSA) is 18.5 Å². The molecule has 0 N–H and O–H groups in total. The van der Waals surface area contributed by atoms with Crippen LogP contribution in [0.15, 0.2) is 24.3 Å². The van der Waals surface area contributed by atoms with E-state index in [9.17, 15) is 4.39 Å². The fourth-order valence-corrected chi connectivity index (χ4v) is 5.72. The molecule has 0 bridgehead atoms. The molecule has 2 aliphatic rings. The molecule has 2 saturated heterocycles. The van der Waals surface area contributed by atoms with E-state index < -0.39 is 23.3 Å². The van der Waals surface area contributed by atoms with Crippen LogP contribution in [0.4, 0.5) is 17.6 Å². The van der Waals surface area contributed by atoms with Crippen molar-refractivity contribution in [3.05, 3.63) is 58.7 Å². The molecular weight excluding hydrogens is 468 g/mol. The Hall–Kier alpha value is -1.92. The van der Waals surface area contributed by atoms with Crippen molar-refractivity contribution < 1.29 is 27.0 Å². The van der Waals surface area contributed by atoms with Crippen LogP contribution in [0.1, 0.15) is 88.7 Å². The van der Waals surface area contributed by atoms with Gasteiger partial charge in [-0.1, -0.05) is 51.0 Å². The highest BCUT2D eigenvalue weighted by atomic mass is 19.2. The summed E-state index contributed by atoms with van der Waals surface area (Å²) in [5.41, 5.74) is -0.0674. The summed E-state index contributed by atoms with van der Waals surface area (Å²) in [6, 6.07) is 5.67. The van der Waals surface area contributed by atoms with Crippen LogP contribution < -0.4 is 0 Å². The van der Waals surface area contributed by atoms with Gasteiger partial charge in [-0.05, 0) is 68.4 Å². The van der Waals surface area contributed by atoms with Gasteiger partial charge in [0.25, 0.3) is 0 Å². The predicted octanol–water partition coefficient (Wildman–Crippen LogP) is 8.50. The van der Waals surface area contributed by atoms with Gasteiger partial charge in [-0.15, -0.1) is 0 Å². The van der Waals surface area contributed by atoms with Crippen LogP contribution in [0.5, 0.6) is 0 Å². The van der Waals surface area contributed by atoms with Crippen molar-refractivity contribution in [2.45, 2.75) is 96.2 Å². The molecule has 198 valence electrons. The van der Waals surface area contributed by atoms with Gasteiger partial charge in [-0.25, -0.2) is 17.6 Å². The monoisotopic (exact) mass is 506 g/mol. The highest BCUT2D eigenvalue weighted by molar-refractivity contribution is 5.66. The Bertz CT molecular complexity index is 1010. The fraction of sp³-hybridized carbons (Fsp3) is 0.600. The van der Waals surface area contributed by atoms with Crippen LogP contribution in [0.3, 0.4) is 0 Å². The summed E-state index contributed by atoms with van der Waals surface area (Å²) in [5, 5.41) is 0. The molecule has 4 rings (SSSR count). The average Bonchev–Trinajstić information content (AvgIpc) is 2.89. The Morgan fingerprint density at radius 3 is 1.94 bits per heavy atom. The number of hydrogen-bond donors (Lipinski definition) is 0. The van der Waals surface area contributed by atoms with Crippen LogP contribution in [-0.4, -0.2) is 25.4 Å². The molecule has 0 amide bonds.